The van der Waals surface area contributed by atoms with Gasteiger partial charge in [0, 0.05) is 16.1 Å². The summed E-state index contributed by atoms with van der Waals surface area (Å²) >= 11 is 1.53. The van der Waals surface area contributed by atoms with Crippen LogP contribution in [0.5, 0.6) is 0 Å². The maximum atomic E-state index is 12.4. The average Bonchev–Trinajstić information content (AvgIpc) is 3.05. The van der Waals surface area contributed by atoms with Gasteiger partial charge >= 0.3 is 0 Å². The van der Waals surface area contributed by atoms with E-state index >= 15 is 0 Å². The van der Waals surface area contributed by atoms with E-state index in [4.69, 9.17) is 4.42 Å². The summed E-state index contributed by atoms with van der Waals surface area (Å²) in [6, 6.07) is 22.0. The number of nitrogens with one attached hydrogen (secondary N) is 1. The number of oxazole rings is 1. The number of aromatic nitrogens is 1. The van der Waals surface area contributed by atoms with Crippen LogP contribution in [0.4, 0.5) is 5.69 Å². The third-order valence-corrected chi connectivity index (χ3v) is 5.51. The number of benzene rings is 3. The van der Waals surface area contributed by atoms with Crippen molar-refractivity contribution in [3.63, 3.8) is 0 Å². The molecule has 28 heavy (non-hydrogen) atoms. The van der Waals surface area contributed by atoms with Crippen molar-refractivity contribution in [2.24, 2.45) is 0 Å². The Kier molecular flexibility index (Phi) is 5.17. The van der Waals surface area contributed by atoms with Crippen LogP contribution in [0.2, 0.25) is 0 Å². The molecule has 1 heterocycles. The number of fused-ring (bicyclic) bond motifs is 1. The Morgan fingerprint density at radius 1 is 1.00 bits per heavy atom. The van der Waals surface area contributed by atoms with Gasteiger partial charge in [0.2, 0.25) is 11.8 Å². The summed E-state index contributed by atoms with van der Waals surface area (Å²) in [5, 5.41) is 5.33. The molecule has 0 saturated heterocycles. The van der Waals surface area contributed by atoms with E-state index in [1.807, 2.05) is 56.3 Å². The zero-order chi connectivity index (χ0) is 19.5. The summed E-state index contributed by atoms with van der Waals surface area (Å²) < 4.78 is 5.67. The van der Waals surface area contributed by atoms with Gasteiger partial charge in [0.05, 0.1) is 11.4 Å². The lowest BCUT2D eigenvalue weighted by Gasteiger charge is -2.07. The van der Waals surface area contributed by atoms with E-state index in [0.29, 0.717) is 11.6 Å². The lowest BCUT2D eigenvalue weighted by atomic mass is 10.1. The van der Waals surface area contributed by atoms with Crippen LogP contribution in [0.25, 0.3) is 22.2 Å². The van der Waals surface area contributed by atoms with E-state index in [9.17, 15) is 4.79 Å². The Balaban J connectivity index is 1.41. The Hall–Kier alpha value is -3.05. The van der Waals surface area contributed by atoms with Gasteiger partial charge < -0.3 is 9.73 Å². The second-order valence-electron chi connectivity index (χ2n) is 6.59. The third-order valence-electron chi connectivity index (χ3n) is 4.51. The van der Waals surface area contributed by atoms with Crippen molar-refractivity contribution in [2.75, 3.05) is 11.1 Å². The molecule has 5 heteroatoms. The molecule has 4 rings (SSSR count). The Bertz CT molecular complexity index is 1130. The molecule has 140 valence electrons. The van der Waals surface area contributed by atoms with Gasteiger partial charge in [0.25, 0.3) is 0 Å². The van der Waals surface area contributed by atoms with E-state index in [-0.39, 0.29) is 5.91 Å². The number of amides is 1. The highest BCUT2D eigenvalue weighted by atomic mass is 32.2. The first-order chi connectivity index (χ1) is 13.6. The molecule has 4 aromatic rings. The van der Waals surface area contributed by atoms with Crippen LogP contribution < -0.4 is 5.32 Å². The molecule has 0 aliphatic rings. The quantitative estimate of drug-likeness (QED) is 0.436. The zero-order valence-electron chi connectivity index (χ0n) is 15.7. The highest BCUT2D eigenvalue weighted by molar-refractivity contribution is 8.00. The van der Waals surface area contributed by atoms with Crippen molar-refractivity contribution in [1.82, 2.24) is 4.98 Å². The molecule has 1 N–H and O–H groups in total. The first-order valence-corrected chi connectivity index (χ1v) is 10.0. The summed E-state index contributed by atoms with van der Waals surface area (Å²) in [6.45, 7) is 3.81. The number of thioether (sulfide) groups is 1. The Morgan fingerprint density at radius 2 is 1.82 bits per heavy atom. The van der Waals surface area contributed by atoms with E-state index in [1.54, 1.807) is 0 Å². The predicted octanol–water partition coefficient (Wildman–Crippen LogP) is 5.84. The second-order valence-corrected chi connectivity index (χ2v) is 7.64. The summed E-state index contributed by atoms with van der Waals surface area (Å²) in [6.07, 6.45) is 0. The standard InChI is InChI=1S/C23H20N2O2S/c1-15-16(2)27-23(24-15)19-8-5-9-20(12-19)25-22(26)14-28-21-11-10-17-6-3-4-7-18(17)13-21/h3-13H,14H2,1-2H3,(H,25,26). The molecule has 0 unspecified atom stereocenters. The van der Waals surface area contributed by atoms with Gasteiger partial charge in [-0.25, -0.2) is 4.98 Å². The van der Waals surface area contributed by atoms with E-state index < -0.39 is 0 Å². The fraction of sp³-hybridized carbons (Fsp3) is 0.130. The number of rotatable bonds is 5. The first kappa shape index (κ1) is 18.3. The van der Waals surface area contributed by atoms with Gasteiger partial charge in [-0.1, -0.05) is 36.4 Å². The lowest BCUT2D eigenvalue weighted by molar-refractivity contribution is -0.113. The van der Waals surface area contributed by atoms with Crippen molar-refractivity contribution >= 4 is 34.1 Å². The molecular weight excluding hydrogens is 368 g/mol. The SMILES string of the molecule is Cc1nc(-c2cccc(NC(=O)CSc3ccc4ccccc4c3)c2)oc1C. The molecule has 0 saturated carbocycles. The fourth-order valence-electron chi connectivity index (χ4n) is 2.93. The summed E-state index contributed by atoms with van der Waals surface area (Å²) in [5.74, 6) is 1.67. The largest absolute Gasteiger partial charge is 0.441 e. The second kappa shape index (κ2) is 7.90. The zero-order valence-corrected chi connectivity index (χ0v) is 16.5. The predicted molar refractivity (Wildman–Crippen MR) is 115 cm³/mol. The summed E-state index contributed by atoms with van der Waals surface area (Å²) in [7, 11) is 0. The van der Waals surface area contributed by atoms with Gasteiger partial charge in [-0.2, -0.15) is 0 Å². The minimum Gasteiger partial charge on any atom is -0.441 e. The van der Waals surface area contributed by atoms with Gasteiger partial charge in [0.1, 0.15) is 5.76 Å². The van der Waals surface area contributed by atoms with Crippen LogP contribution in [0.15, 0.2) is 76.0 Å². The van der Waals surface area contributed by atoms with Crippen molar-refractivity contribution in [1.29, 1.82) is 0 Å². The van der Waals surface area contributed by atoms with Crippen molar-refractivity contribution in [3.8, 4) is 11.5 Å². The molecule has 4 nitrogen and oxygen atoms in total. The van der Waals surface area contributed by atoms with Gasteiger partial charge in [-0.05, 0) is 55.0 Å². The lowest BCUT2D eigenvalue weighted by Crippen LogP contribution is -2.13. The summed E-state index contributed by atoms with van der Waals surface area (Å²) in [5.41, 5.74) is 2.45. The molecule has 3 aromatic carbocycles. The molecule has 0 fully saturated rings. The molecule has 0 aliphatic heterocycles. The number of anilines is 1. The van der Waals surface area contributed by atoms with Crippen LogP contribution in [0.1, 0.15) is 11.5 Å². The van der Waals surface area contributed by atoms with Crippen LogP contribution in [-0.4, -0.2) is 16.6 Å². The number of hydrogen-bond donors (Lipinski definition) is 1. The normalized spacial score (nSPS) is 10.9. The number of carbonyl (C=O) groups is 1. The fourth-order valence-corrected chi connectivity index (χ4v) is 3.67. The number of hydrogen-bond acceptors (Lipinski definition) is 4. The molecule has 0 spiro atoms. The molecule has 0 aliphatic carbocycles. The maximum Gasteiger partial charge on any atom is 0.234 e. The number of nitrogens with zero attached hydrogens (tertiary/aromatic N) is 1. The molecule has 1 amide bonds. The minimum absolute atomic E-state index is 0.0462. The van der Waals surface area contributed by atoms with Gasteiger partial charge in [0.15, 0.2) is 0 Å². The van der Waals surface area contributed by atoms with E-state index in [1.165, 1.54) is 22.5 Å². The van der Waals surface area contributed by atoms with Gasteiger partial charge in [-0.15, -0.1) is 11.8 Å². The average molecular weight is 388 g/mol. The van der Waals surface area contributed by atoms with Crippen LogP contribution in [-0.2, 0) is 4.79 Å². The molecule has 0 radical (unpaired) electrons. The molecule has 0 atom stereocenters. The Morgan fingerprint density at radius 3 is 2.61 bits per heavy atom. The van der Waals surface area contributed by atoms with E-state index in [0.717, 1.165) is 27.6 Å². The van der Waals surface area contributed by atoms with Crippen LogP contribution in [0.3, 0.4) is 0 Å². The molecule has 1 aromatic heterocycles. The Labute approximate surface area is 168 Å². The highest BCUT2D eigenvalue weighted by Crippen LogP contribution is 2.26. The minimum atomic E-state index is -0.0462. The van der Waals surface area contributed by atoms with E-state index in [2.05, 4.69) is 34.6 Å². The molecule has 0 bridgehead atoms. The summed E-state index contributed by atoms with van der Waals surface area (Å²) in [4.78, 5) is 17.9. The number of aryl methyl sites for hydroxylation is 2. The van der Waals surface area contributed by atoms with Crippen molar-refractivity contribution < 1.29 is 9.21 Å². The van der Waals surface area contributed by atoms with Crippen molar-refractivity contribution in [3.05, 3.63) is 78.2 Å². The highest BCUT2D eigenvalue weighted by Gasteiger charge is 2.10. The monoisotopic (exact) mass is 388 g/mol. The maximum absolute atomic E-state index is 12.4. The number of carbonyl (C=O) groups excluding carboxylic acids is 1. The third kappa shape index (κ3) is 4.10. The smallest absolute Gasteiger partial charge is 0.234 e. The van der Waals surface area contributed by atoms with Crippen LogP contribution in [0, 0.1) is 13.8 Å². The van der Waals surface area contributed by atoms with Crippen LogP contribution >= 0.6 is 11.8 Å². The van der Waals surface area contributed by atoms with Crippen molar-refractivity contribution in [2.45, 2.75) is 18.7 Å². The van der Waals surface area contributed by atoms with Gasteiger partial charge in [-0.3, -0.25) is 4.79 Å². The first-order valence-electron chi connectivity index (χ1n) is 9.04. The topological polar surface area (TPSA) is 55.1 Å². The molecular formula is C23H20N2O2S.